The number of nitro benzene ring substituents is 1. The number of nitro groups is 1. The topological polar surface area (TPSA) is 91.0 Å². The molecule has 2 aromatic rings. The standard InChI is InChI=1S/C19H14N2O5/c1-2-11-25-17-6-4-3-5-14(17)12-16-19(22)26-18(20-16)13-7-9-15(10-8-13)21(23)24/h2-10,12H,1,11H2/b16-12-. The molecule has 0 saturated heterocycles. The van der Waals surface area contributed by atoms with Crippen LogP contribution in [-0.2, 0) is 9.53 Å². The molecule has 0 saturated carbocycles. The Morgan fingerprint density at radius 2 is 1.92 bits per heavy atom. The second kappa shape index (κ2) is 7.43. The molecule has 3 rings (SSSR count). The third kappa shape index (κ3) is 3.67. The zero-order valence-electron chi connectivity index (χ0n) is 13.6. The van der Waals surface area contributed by atoms with Gasteiger partial charge >= 0.3 is 5.97 Å². The second-order valence-electron chi connectivity index (χ2n) is 5.28. The van der Waals surface area contributed by atoms with Gasteiger partial charge in [0.05, 0.1) is 4.92 Å². The average Bonchev–Trinajstić information content (AvgIpc) is 3.01. The van der Waals surface area contributed by atoms with E-state index in [1.807, 2.05) is 12.1 Å². The summed E-state index contributed by atoms with van der Waals surface area (Å²) in [4.78, 5) is 26.5. The van der Waals surface area contributed by atoms with Crippen LogP contribution in [0.1, 0.15) is 11.1 Å². The van der Waals surface area contributed by atoms with Crippen molar-refractivity contribution in [3.63, 3.8) is 0 Å². The summed E-state index contributed by atoms with van der Waals surface area (Å²) in [5.41, 5.74) is 1.22. The van der Waals surface area contributed by atoms with Gasteiger partial charge in [-0.3, -0.25) is 10.1 Å². The van der Waals surface area contributed by atoms with Crippen molar-refractivity contribution in [2.24, 2.45) is 4.99 Å². The third-order valence-electron chi connectivity index (χ3n) is 3.51. The molecule has 2 aromatic carbocycles. The van der Waals surface area contributed by atoms with E-state index in [0.717, 1.165) is 0 Å². The molecule has 26 heavy (non-hydrogen) atoms. The lowest BCUT2D eigenvalue weighted by Gasteiger charge is -2.06. The first-order valence-electron chi connectivity index (χ1n) is 7.68. The number of para-hydroxylation sites is 1. The summed E-state index contributed by atoms with van der Waals surface area (Å²) in [5.74, 6) is 0.0872. The largest absolute Gasteiger partial charge is 0.489 e. The first-order valence-corrected chi connectivity index (χ1v) is 7.68. The van der Waals surface area contributed by atoms with Gasteiger partial charge in [0.15, 0.2) is 5.70 Å². The molecule has 0 atom stereocenters. The number of hydrogen-bond donors (Lipinski definition) is 0. The Kier molecular flexibility index (Phi) is 4.89. The molecule has 0 bridgehead atoms. The van der Waals surface area contributed by atoms with Gasteiger partial charge in [-0.2, -0.15) is 0 Å². The maximum Gasteiger partial charge on any atom is 0.363 e. The van der Waals surface area contributed by atoms with Crippen LogP contribution in [-0.4, -0.2) is 23.4 Å². The van der Waals surface area contributed by atoms with Gasteiger partial charge in [0.1, 0.15) is 12.4 Å². The Morgan fingerprint density at radius 1 is 1.19 bits per heavy atom. The summed E-state index contributed by atoms with van der Waals surface area (Å²) in [7, 11) is 0. The lowest BCUT2D eigenvalue weighted by molar-refractivity contribution is -0.384. The fourth-order valence-corrected chi connectivity index (χ4v) is 2.29. The first kappa shape index (κ1) is 17.1. The minimum atomic E-state index is -0.600. The van der Waals surface area contributed by atoms with E-state index in [4.69, 9.17) is 9.47 Å². The SMILES string of the molecule is C=CCOc1ccccc1/C=C1\N=C(c2ccc([N+](=O)[O-])cc2)OC1=O. The summed E-state index contributed by atoms with van der Waals surface area (Å²) in [5, 5.41) is 10.7. The van der Waals surface area contributed by atoms with Crippen molar-refractivity contribution in [3.8, 4) is 5.75 Å². The summed E-state index contributed by atoms with van der Waals surface area (Å²) in [6.45, 7) is 3.94. The van der Waals surface area contributed by atoms with E-state index in [9.17, 15) is 14.9 Å². The minimum absolute atomic E-state index is 0.0530. The van der Waals surface area contributed by atoms with E-state index in [2.05, 4.69) is 11.6 Å². The van der Waals surface area contributed by atoms with Crippen molar-refractivity contribution in [3.05, 3.63) is 88.1 Å². The molecule has 7 nitrogen and oxygen atoms in total. The predicted molar refractivity (Wildman–Crippen MR) is 95.8 cm³/mol. The monoisotopic (exact) mass is 350 g/mol. The van der Waals surface area contributed by atoms with Crippen LogP contribution in [0.5, 0.6) is 5.75 Å². The number of esters is 1. The first-order chi connectivity index (χ1) is 12.6. The summed E-state index contributed by atoms with van der Waals surface area (Å²) in [6, 6.07) is 12.8. The maximum absolute atomic E-state index is 12.1. The lowest BCUT2D eigenvalue weighted by atomic mass is 10.1. The van der Waals surface area contributed by atoms with Crippen LogP contribution < -0.4 is 4.74 Å². The minimum Gasteiger partial charge on any atom is -0.489 e. The Morgan fingerprint density at radius 3 is 2.62 bits per heavy atom. The number of benzene rings is 2. The number of aliphatic imine (C=N–C) groups is 1. The van der Waals surface area contributed by atoms with Crippen molar-refractivity contribution in [1.82, 2.24) is 0 Å². The van der Waals surface area contributed by atoms with E-state index in [0.29, 0.717) is 23.5 Å². The number of hydrogen-bond acceptors (Lipinski definition) is 6. The van der Waals surface area contributed by atoms with Gasteiger partial charge in [-0.1, -0.05) is 30.9 Å². The van der Waals surface area contributed by atoms with Crippen molar-refractivity contribution < 1.29 is 19.2 Å². The molecule has 1 heterocycles. The highest BCUT2D eigenvalue weighted by atomic mass is 16.6. The van der Waals surface area contributed by atoms with Crippen LogP contribution in [0.3, 0.4) is 0 Å². The Bertz CT molecular complexity index is 929. The molecule has 130 valence electrons. The highest BCUT2D eigenvalue weighted by Crippen LogP contribution is 2.25. The quantitative estimate of drug-likeness (QED) is 0.261. The molecule has 0 aromatic heterocycles. The van der Waals surface area contributed by atoms with Gasteiger partial charge in [-0.25, -0.2) is 9.79 Å². The molecule has 0 N–H and O–H groups in total. The maximum atomic E-state index is 12.1. The Labute approximate surface area is 149 Å². The number of ether oxygens (including phenoxy) is 2. The van der Waals surface area contributed by atoms with E-state index >= 15 is 0 Å². The van der Waals surface area contributed by atoms with Crippen LogP contribution in [0.4, 0.5) is 5.69 Å². The molecule has 1 aliphatic rings. The summed E-state index contributed by atoms with van der Waals surface area (Å²) >= 11 is 0. The fraction of sp³-hybridized carbons (Fsp3) is 0.0526. The zero-order chi connectivity index (χ0) is 18.5. The predicted octanol–water partition coefficient (Wildman–Crippen LogP) is 3.50. The van der Waals surface area contributed by atoms with Gasteiger partial charge in [0.25, 0.3) is 5.69 Å². The normalized spacial score (nSPS) is 14.7. The third-order valence-corrected chi connectivity index (χ3v) is 3.51. The molecule has 0 fully saturated rings. The van der Waals surface area contributed by atoms with Crippen molar-refractivity contribution in [1.29, 1.82) is 0 Å². The number of non-ortho nitro benzene ring substituents is 1. The molecule has 0 radical (unpaired) electrons. The molecule has 0 amide bonds. The number of rotatable bonds is 6. The second-order valence-corrected chi connectivity index (χ2v) is 5.28. The van der Waals surface area contributed by atoms with E-state index < -0.39 is 10.9 Å². The van der Waals surface area contributed by atoms with Crippen LogP contribution >= 0.6 is 0 Å². The van der Waals surface area contributed by atoms with Crippen molar-refractivity contribution in [2.75, 3.05) is 6.61 Å². The number of cyclic esters (lactones) is 1. The molecule has 1 aliphatic heterocycles. The fourth-order valence-electron chi connectivity index (χ4n) is 2.29. The molecule has 0 unspecified atom stereocenters. The average molecular weight is 350 g/mol. The Hall–Kier alpha value is -3.74. The molecule has 7 heteroatoms. The van der Waals surface area contributed by atoms with E-state index in [1.54, 1.807) is 24.3 Å². The lowest BCUT2D eigenvalue weighted by Crippen LogP contribution is -2.05. The van der Waals surface area contributed by atoms with Crippen molar-refractivity contribution in [2.45, 2.75) is 0 Å². The molecule has 0 spiro atoms. The van der Waals surface area contributed by atoms with E-state index in [-0.39, 0.29) is 17.3 Å². The van der Waals surface area contributed by atoms with Crippen LogP contribution in [0.25, 0.3) is 6.08 Å². The van der Waals surface area contributed by atoms with Crippen molar-refractivity contribution >= 4 is 23.6 Å². The van der Waals surface area contributed by atoms with E-state index in [1.165, 1.54) is 24.3 Å². The highest BCUT2D eigenvalue weighted by Gasteiger charge is 2.25. The Balaban J connectivity index is 1.89. The van der Waals surface area contributed by atoms with Crippen LogP contribution in [0.15, 0.2) is 71.9 Å². The van der Waals surface area contributed by atoms with Gasteiger partial charge in [0.2, 0.25) is 5.90 Å². The molecular weight excluding hydrogens is 336 g/mol. The molecule has 0 aliphatic carbocycles. The summed E-state index contributed by atoms with van der Waals surface area (Å²) < 4.78 is 10.7. The molecular formula is C19H14N2O5. The van der Waals surface area contributed by atoms with Crippen LogP contribution in [0.2, 0.25) is 0 Å². The summed E-state index contributed by atoms with van der Waals surface area (Å²) in [6.07, 6.45) is 3.19. The van der Waals surface area contributed by atoms with Gasteiger partial charge in [0, 0.05) is 23.3 Å². The number of nitrogens with zero attached hydrogens (tertiary/aromatic N) is 2. The zero-order valence-corrected chi connectivity index (χ0v) is 13.6. The number of carbonyl (C=O) groups excluding carboxylic acids is 1. The smallest absolute Gasteiger partial charge is 0.363 e. The van der Waals surface area contributed by atoms with Gasteiger partial charge in [-0.05, 0) is 24.3 Å². The highest BCUT2D eigenvalue weighted by molar-refractivity contribution is 6.13. The van der Waals surface area contributed by atoms with Crippen LogP contribution in [0, 0.1) is 10.1 Å². The van der Waals surface area contributed by atoms with Gasteiger partial charge < -0.3 is 9.47 Å². The van der Waals surface area contributed by atoms with Gasteiger partial charge in [-0.15, -0.1) is 0 Å². The number of carbonyl (C=O) groups is 1.